The summed E-state index contributed by atoms with van der Waals surface area (Å²) >= 11 is 0. The molecule has 0 spiro atoms. The molecule has 0 atom stereocenters. The van der Waals surface area contributed by atoms with Crippen molar-refractivity contribution in [3.8, 4) is 0 Å². The smallest absolute Gasteiger partial charge is 0.191 e. The minimum Gasteiger partial charge on any atom is -0.469 e. The molecule has 1 saturated carbocycles. The van der Waals surface area contributed by atoms with E-state index in [0.717, 1.165) is 30.4 Å². The van der Waals surface area contributed by atoms with Crippen LogP contribution in [0.4, 0.5) is 0 Å². The van der Waals surface area contributed by atoms with E-state index in [1.54, 1.807) is 6.26 Å². The van der Waals surface area contributed by atoms with Crippen LogP contribution in [0.5, 0.6) is 0 Å². The van der Waals surface area contributed by atoms with Crippen molar-refractivity contribution < 1.29 is 4.42 Å². The van der Waals surface area contributed by atoms with Gasteiger partial charge in [-0.05, 0) is 38.8 Å². The fourth-order valence-corrected chi connectivity index (χ4v) is 3.38. The Kier molecular flexibility index (Phi) is 5.79. The lowest BCUT2D eigenvalue weighted by Crippen LogP contribution is -2.43. The van der Waals surface area contributed by atoms with Crippen molar-refractivity contribution in [2.45, 2.75) is 58.5 Å². The molecular formula is C19H29N5O. The first-order valence-corrected chi connectivity index (χ1v) is 9.20. The summed E-state index contributed by atoms with van der Waals surface area (Å²) in [6, 6.07) is 4.46. The van der Waals surface area contributed by atoms with Gasteiger partial charge in [-0.2, -0.15) is 5.10 Å². The molecule has 0 radical (unpaired) electrons. The fourth-order valence-electron chi connectivity index (χ4n) is 3.38. The lowest BCUT2D eigenvalue weighted by Gasteiger charge is -2.17. The third-order valence-electron chi connectivity index (χ3n) is 4.99. The molecule has 1 fully saturated rings. The first kappa shape index (κ1) is 17.6. The summed E-state index contributed by atoms with van der Waals surface area (Å²) in [6.45, 7) is 5.59. The monoisotopic (exact) mass is 343 g/mol. The van der Waals surface area contributed by atoms with E-state index in [-0.39, 0.29) is 0 Å². The van der Waals surface area contributed by atoms with E-state index >= 15 is 0 Å². The van der Waals surface area contributed by atoms with Gasteiger partial charge in [-0.15, -0.1) is 0 Å². The van der Waals surface area contributed by atoms with Gasteiger partial charge in [0, 0.05) is 37.3 Å². The van der Waals surface area contributed by atoms with Crippen LogP contribution in [0.25, 0.3) is 0 Å². The van der Waals surface area contributed by atoms with Crippen molar-refractivity contribution in [1.82, 2.24) is 20.4 Å². The number of rotatable bonds is 6. The molecule has 1 aliphatic carbocycles. The molecule has 2 N–H and O–H groups in total. The molecule has 6 nitrogen and oxygen atoms in total. The highest BCUT2D eigenvalue weighted by molar-refractivity contribution is 5.80. The Hall–Kier alpha value is -2.24. The molecule has 0 bridgehead atoms. The molecule has 136 valence electrons. The number of aliphatic imine (C=N–C) groups is 1. The van der Waals surface area contributed by atoms with Crippen LogP contribution in [0, 0.1) is 13.8 Å². The second-order valence-corrected chi connectivity index (χ2v) is 6.82. The standard InChI is InChI=1S/C19H29N5O/c1-14-18(15(2)24(3)23-14)13-21-19(22-16-7-4-5-8-16)20-11-10-17-9-6-12-25-17/h6,9,12,16H,4-5,7-8,10-11,13H2,1-3H3,(H2,20,21,22). The highest BCUT2D eigenvalue weighted by Crippen LogP contribution is 2.18. The molecule has 2 aromatic heterocycles. The van der Waals surface area contributed by atoms with E-state index in [0.29, 0.717) is 12.6 Å². The van der Waals surface area contributed by atoms with Crippen LogP contribution < -0.4 is 10.6 Å². The summed E-state index contributed by atoms with van der Waals surface area (Å²) in [5.41, 5.74) is 3.44. The number of furan rings is 1. The minimum absolute atomic E-state index is 0.533. The van der Waals surface area contributed by atoms with Gasteiger partial charge in [-0.1, -0.05) is 12.8 Å². The molecule has 6 heteroatoms. The first-order chi connectivity index (χ1) is 12.1. The minimum atomic E-state index is 0.533. The third kappa shape index (κ3) is 4.65. The van der Waals surface area contributed by atoms with E-state index in [9.17, 15) is 0 Å². The molecule has 2 aromatic rings. The SMILES string of the molecule is Cc1nn(C)c(C)c1CN=C(NCCc1ccco1)NC1CCCC1. The van der Waals surface area contributed by atoms with Crippen LogP contribution >= 0.6 is 0 Å². The Morgan fingerprint density at radius 3 is 2.80 bits per heavy atom. The Labute approximate surface area is 149 Å². The highest BCUT2D eigenvalue weighted by atomic mass is 16.3. The molecule has 0 saturated heterocycles. The van der Waals surface area contributed by atoms with Crippen LogP contribution in [-0.2, 0) is 20.0 Å². The maximum absolute atomic E-state index is 5.40. The second-order valence-electron chi connectivity index (χ2n) is 6.82. The zero-order chi connectivity index (χ0) is 17.6. The zero-order valence-electron chi connectivity index (χ0n) is 15.5. The number of aromatic nitrogens is 2. The van der Waals surface area contributed by atoms with Crippen LogP contribution in [0.2, 0.25) is 0 Å². The summed E-state index contributed by atoms with van der Waals surface area (Å²) < 4.78 is 7.33. The lowest BCUT2D eigenvalue weighted by atomic mass is 10.2. The van der Waals surface area contributed by atoms with Gasteiger partial charge in [-0.25, -0.2) is 4.99 Å². The van der Waals surface area contributed by atoms with Gasteiger partial charge in [0.15, 0.2) is 5.96 Å². The van der Waals surface area contributed by atoms with Crippen LogP contribution in [0.15, 0.2) is 27.8 Å². The maximum atomic E-state index is 5.40. The van der Waals surface area contributed by atoms with Crippen molar-refractivity contribution >= 4 is 5.96 Å². The number of hydrogen-bond acceptors (Lipinski definition) is 3. The van der Waals surface area contributed by atoms with Gasteiger partial charge in [0.25, 0.3) is 0 Å². The Morgan fingerprint density at radius 2 is 2.16 bits per heavy atom. The van der Waals surface area contributed by atoms with E-state index in [2.05, 4.69) is 22.7 Å². The zero-order valence-corrected chi connectivity index (χ0v) is 15.5. The van der Waals surface area contributed by atoms with Gasteiger partial charge in [-0.3, -0.25) is 4.68 Å². The van der Waals surface area contributed by atoms with E-state index < -0.39 is 0 Å². The second kappa shape index (κ2) is 8.23. The Balaban J connectivity index is 1.63. The maximum Gasteiger partial charge on any atom is 0.191 e. The molecule has 0 amide bonds. The van der Waals surface area contributed by atoms with E-state index in [1.807, 2.05) is 30.8 Å². The van der Waals surface area contributed by atoms with Gasteiger partial charge in [0.1, 0.15) is 5.76 Å². The number of nitrogens with zero attached hydrogens (tertiary/aromatic N) is 3. The van der Waals surface area contributed by atoms with Crippen LogP contribution in [-0.4, -0.2) is 28.3 Å². The number of guanidine groups is 1. The third-order valence-corrected chi connectivity index (χ3v) is 4.99. The molecule has 0 aromatic carbocycles. The fraction of sp³-hybridized carbons (Fsp3) is 0.579. The first-order valence-electron chi connectivity index (χ1n) is 9.20. The molecule has 1 aliphatic rings. The predicted molar refractivity (Wildman–Crippen MR) is 99.6 cm³/mol. The summed E-state index contributed by atoms with van der Waals surface area (Å²) in [7, 11) is 1.98. The molecule has 0 aliphatic heterocycles. The molecular weight excluding hydrogens is 314 g/mol. The normalized spacial score (nSPS) is 15.7. The summed E-state index contributed by atoms with van der Waals surface area (Å²) in [6.07, 6.45) is 7.63. The van der Waals surface area contributed by atoms with Crippen molar-refractivity contribution in [3.05, 3.63) is 41.1 Å². The van der Waals surface area contributed by atoms with Gasteiger partial charge in [0.2, 0.25) is 0 Å². The predicted octanol–water partition coefficient (Wildman–Crippen LogP) is 2.85. The summed E-state index contributed by atoms with van der Waals surface area (Å²) in [5.74, 6) is 1.88. The average Bonchev–Trinajstić information content (AvgIpc) is 3.31. The molecule has 0 unspecified atom stereocenters. The average molecular weight is 343 g/mol. The van der Waals surface area contributed by atoms with E-state index in [4.69, 9.17) is 9.41 Å². The van der Waals surface area contributed by atoms with Gasteiger partial charge < -0.3 is 15.1 Å². The quantitative estimate of drug-likeness (QED) is 0.625. The van der Waals surface area contributed by atoms with E-state index in [1.165, 1.54) is 36.9 Å². The highest BCUT2D eigenvalue weighted by Gasteiger charge is 2.16. The van der Waals surface area contributed by atoms with Crippen molar-refractivity contribution in [3.63, 3.8) is 0 Å². The topological polar surface area (TPSA) is 67.4 Å². The Bertz CT molecular complexity index is 696. The number of hydrogen-bond donors (Lipinski definition) is 2. The van der Waals surface area contributed by atoms with Crippen molar-refractivity contribution in [2.24, 2.45) is 12.0 Å². The summed E-state index contributed by atoms with van der Waals surface area (Å²) in [5, 5.41) is 11.5. The van der Waals surface area contributed by atoms with Crippen LogP contribution in [0.1, 0.15) is 48.4 Å². The number of nitrogens with one attached hydrogen (secondary N) is 2. The van der Waals surface area contributed by atoms with Crippen molar-refractivity contribution in [2.75, 3.05) is 6.54 Å². The summed E-state index contributed by atoms with van der Waals surface area (Å²) in [4.78, 5) is 4.82. The lowest BCUT2D eigenvalue weighted by molar-refractivity contribution is 0.506. The largest absolute Gasteiger partial charge is 0.469 e. The molecule has 3 rings (SSSR count). The Morgan fingerprint density at radius 1 is 1.36 bits per heavy atom. The molecule has 2 heterocycles. The van der Waals surface area contributed by atoms with Crippen LogP contribution in [0.3, 0.4) is 0 Å². The van der Waals surface area contributed by atoms with Crippen molar-refractivity contribution in [1.29, 1.82) is 0 Å². The number of aryl methyl sites for hydroxylation is 2. The van der Waals surface area contributed by atoms with Gasteiger partial charge in [0.05, 0.1) is 18.5 Å². The molecule has 25 heavy (non-hydrogen) atoms. The van der Waals surface area contributed by atoms with Gasteiger partial charge >= 0.3 is 0 Å².